The number of benzene rings is 2. The molecule has 188 valence electrons. The second-order valence-corrected chi connectivity index (χ2v) is 10.3. The van der Waals surface area contributed by atoms with Crippen molar-refractivity contribution in [2.45, 2.75) is 43.3 Å². The molecule has 2 aromatic carbocycles. The van der Waals surface area contributed by atoms with Gasteiger partial charge in [-0.25, -0.2) is 4.39 Å². The maximum absolute atomic E-state index is 15.2. The van der Waals surface area contributed by atoms with E-state index < -0.39 is 40.8 Å². The van der Waals surface area contributed by atoms with E-state index in [0.717, 1.165) is 23.3 Å². The molecule has 5 rings (SSSR count). The largest absolute Gasteiger partial charge is 0.416 e. The summed E-state index contributed by atoms with van der Waals surface area (Å²) < 4.78 is 54.7. The molecular formula is C27H24F4N2O2S. The molecule has 1 aromatic heterocycles. The van der Waals surface area contributed by atoms with Gasteiger partial charge in [0, 0.05) is 18.0 Å². The molecular weight excluding hydrogens is 492 g/mol. The second-order valence-electron chi connectivity index (χ2n) is 9.49. The van der Waals surface area contributed by atoms with Crippen LogP contribution >= 0.6 is 11.3 Å². The SMILES string of the molecule is NC(=O)[C@@]1([C@@H](c2ccc(C(F)(F)F)cc2F)C2CC2)CCCN1C(=O)c1cccc(-c2ccsc2)c1. The highest BCUT2D eigenvalue weighted by Crippen LogP contribution is 2.54. The van der Waals surface area contributed by atoms with E-state index in [0.29, 0.717) is 30.9 Å². The number of primary amides is 1. The normalized spacial score (nSPS) is 20.9. The van der Waals surface area contributed by atoms with Crippen molar-refractivity contribution < 1.29 is 27.2 Å². The van der Waals surface area contributed by atoms with Crippen molar-refractivity contribution in [1.29, 1.82) is 0 Å². The lowest BCUT2D eigenvalue weighted by Crippen LogP contribution is -2.60. The number of halogens is 4. The first-order valence-corrected chi connectivity index (χ1v) is 12.7. The van der Waals surface area contributed by atoms with Gasteiger partial charge in [-0.3, -0.25) is 9.59 Å². The van der Waals surface area contributed by atoms with Crippen molar-refractivity contribution in [3.63, 3.8) is 0 Å². The van der Waals surface area contributed by atoms with Gasteiger partial charge in [0.15, 0.2) is 0 Å². The number of nitrogens with zero attached hydrogens (tertiary/aromatic N) is 1. The highest BCUT2D eigenvalue weighted by atomic mass is 32.1. The van der Waals surface area contributed by atoms with Crippen molar-refractivity contribution in [3.8, 4) is 11.1 Å². The molecule has 1 saturated carbocycles. The fraction of sp³-hybridized carbons (Fsp3) is 0.333. The zero-order valence-corrected chi connectivity index (χ0v) is 20.0. The molecule has 3 aromatic rings. The number of amides is 2. The van der Waals surface area contributed by atoms with Crippen LogP contribution < -0.4 is 5.73 Å². The minimum atomic E-state index is -4.70. The minimum absolute atomic E-state index is 0.00368. The summed E-state index contributed by atoms with van der Waals surface area (Å²) in [6.45, 7) is 0.246. The molecule has 2 heterocycles. The Morgan fingerprint density at radius 2 is 1.86 bits per heavy atom. The van der Waals surface area contributed by atoms with E-state index in [1.54, 1.807) is 18.2 Å². The molecule has 2 amide bonds. The van der Waals surface area contributed by atoms with Gasteiger partial charge >= 0.3 is 6.18 Å². The van der Waals surface area contributed by atoms with Gasteiger partial charge in [-0.15, -0.1) is 0 Å². The Labute approximate surface area is 209 Å². The summed E-state index contributed by atoms with van der Waals surface area (Å²) in [4.78, 5) is 28.4. The number of hydrogen-bond donors (Lipinski definition) is 1. The molecule has 2 aliphatic rings. The van der Waals surface area contributed by atoms with Crippen LogP contribution in [0.2, 0.25) is 0 Å². The van der Waals surface area contributed by atoms with Crippen molar-refractivity contribution >= 4 is 23.2 Å². The van der Waals surface area contributed by atoms with E-state index in [-0.39, 0.29) is 24.4 Å². The highest BCUT2D eigenvalue weighted by Gasteiger charge is 2.59. The topological polar surface area (TPSA) is 63.4 Å². The molecule has 1 aliphatic carbocycles. The second kappa shape index (κ2) is 9.03. The number of alkyl halides is 3. The molecule has 0 bridgehead atoms. The van der Waals surface area contributed by atoms with E-state index in [2.05, 4.69) is 0 Å². The number of likely N-dealkylation sites (tertiary alicyclic amines) is 1. The third kappa shape index (κ3) is 4.19. The summed E-state index contributed by atoms with van der Waals surface area (Å²) in [5, 5.41) is 3.89. The minimum Gasteiger partial charge on any atom is -0.368 e. The van der Waals surface area contributed by atoms with Crippen LogP contribution in [0.5, 0.6) is 0 Å². The molecule has 1 aliphatic heterocycles. The molecule has 2 fully saturated rings. The molecule has 9 heteroatoms. The molecule has 1 saturated heterocycles. The standard InChI is InChI=1S/C27H24F4N2O2S/c28-22-14-20(27(29,30)31)7-8-21(22)23(16-5-6-16)26(25(32)35)10-2-11-33(26)24(34)18-4-1-3-17(13-18)19-9-12-36-15-19/h1,3-4,7-9,12-16,23H,2,5-6,10-11H2,(H2,32,35)/t23-,26+/m1/s1. The van der Waals surface area contributed by atoms with Crippen molar-refractivity contribution in [2.75, 3.05) is 6.54 Å². The fourth-order valence-electron chi connectivity index (χ4n) is 5.56. The van der Waals surface area contributed by atoms with Gasteiger partial charge in [0.05, 0.1) is 5.56 Å². The van der Waals surface area contributed by atoms with Crippen LogP contribution in [-0.2, 0) is 11.0 Å². The average molecular weight is 517 g/mol. The zero-order chi connectivity index (χ0) is 25.7. The highest BCUT2D eigenvalue weighted by molar-refractivity contribution is 7.08. The smallest absolute Gasteiger partial charge is 0.368 e. The maximum Gasteiger partial charge on any atom is 0.416 e. The van der Waals surface area contributed by atoms with Crippen LogP contribution in [0.25, 0.3) is 11.1 Å². The summed E-state index contributed by atoms with van der Waals surface area (Å²) in [5.74, 6) is -3.20. The third-order valence-electron chi connectivity index (χ3n) is 7.33. The Kier molecular flexibility index (Phi) is 6.14. The van der Waals surface area contributed by atoms with Crippen LogP contribution in [0.15, 0.2) is 59.3 Å². The van der Waals surface area contributed by atoms with E-state index in [4.69, 9.17) is 5.73 Å². The van der Waals surface area contributed by atoms with Crippen molar-refractivity contribution in [1.82, 2.24) is 4.90 Å². The number of nitrogens with two attached hydrogens (primary N) is 1. The molecule has 2 atom stereocenters. The van der Waals surface area contributed by atoms with E-state index in [1.165, 1.54) is 16.2 Å². The van der Waals surface area contributed by atoms with Crippen LogP contribution in [0.4, 0.5) is 17.6 Å². The lowest BCUT2D eigenvalue weighted by atomic mass is 9.73. The summed E-state index contributed by atoms with van der Waals surface area (Å²) in [6, 6.07) is 11.4. The predicted molar refractivity (Wildman–Crippen MR) is 129 cm³/mol. The summed E-state index contributed by atoms with van der Waals surface area (Å²) >= 11 is 1.53. The summed E-state index contributed by atoms with van der Waals surface area (Å²) in [5.41, 5.74) is 5.50. The fourth-order valence-corrected chi connectivity index (χ4v) is 6.22. The Morgan fingerprint density at radius 1 is 1.08 bits per heavy atom. The van der Waals surface area contributed by atoms with Gasteiger partial charge in [0.1, 0.15) is 11.4 Å². The Hall–Kier alpha value is -3.20. The third-order valence-corrected chi connectivity index (χ3v) is 8.01. The van der Waals surface area contributed by atoms with E-state index >= 15 is 4.39 Å². The Balaban J connectivity index is 1.57. The van der Waals surface area contributed by atoms with Crippen LogP contribution in [0, 0.1) is 11.7 Å². The quantitative estimate of drug-likeness (QED) is 0.395. The van der Waals surface area contributed by atoms with E-state index in [9.17, 15) is 22.8 Å². The van der Waals surface area contributed by atoms with Gasteiger partial charge in [0.25, 0.3) is 5.91 Å². The lowest BCUT2D eigenvalue weighted by Gasteiger charge is -2.43. The van der Waals surface area contributed by atoms with Crippen molar-refractivity contribution in [3.05, 3.63) is 81.8 Å². The predicted octanol–water partition coefficient (Wildman–Crippen LogP) is 6.23. The van der Waals surface area contributed by atoms with E-state index in [1.807, 2.05) is 22.9 Å². The first-order chi connectivity index (χ1) is 17.1. The molecule has 0 spiro atoms. The van der Waals surface area contributed by atoms with Crippen molar-refractivity contribution in [2.24, 2.45) is 11.7 Å². The molecule has 2 N–H and O–H groups in total. The average Bonchev–Trinajstić information content (AvgIpc) is 3.32. The van der Waals surface area contributed by atoms with Crippen LogP contribution in [-0.4, -0.2) is 28.8 Å². The first-order valence-electron chi connectivity index (χ1n) is 11.7. The number of thiophene rings is 1. The summed E-state index contributed by atoms with van der Waals surface area (Å²) in [7, 11) is 0. The van der Waals surface area contributed by atoms with Gasteiger partial charge in [-0.05, 0) is 89.4 Å². The molecule has 0 unspecified atom stereocenters. The van der Waals surface area contributed by atoms with Crippen LogP contribution in [0.3, 0.4) is 0 Å². The van der Waals surface area contributed by atoms with Gasteiger partial charge in [-0.2, -0.15) is 24.5 Å². The van der Waals surface area contributed by atoms with Gasteiger partial charge < -0.3 is 10.6 Å². The number of hydrogen-bond acceptors (Lipinski definition) is 3. The zero-order valence-electron chi connectivity index (χ0n) is 19.2. The molecule has 0 radical (unpaired) electrons. The van der Waals surface area contributed by atoms with Crippen LogP contribution in [0.1, 0.15) is 53.1 Å². The maximum atomic E-state index is 15.2. The van der Waals surface area contributed by atoms with Gasteiger partial charge in [-0.1, -0.05) is 18.2 Å². The molecule has 36 heavy (non-hydrogen) atoms. The Morgan fingerprint density at radius 3 is 2.47 bits per heavy atom. The number of rotatable bonds is 6. The molecule has 4 nitrogen and oxygen atoms in total. The number of carbonyl (C=O) groups is 2. The number of carbonyl (C=O) groups excluding carboxylic acids is 2. The van der Waals surface area contributed by atoms with Gasteiger partial charge in [0.2, 0.25) is 5.91 Å². The first kappa shape index (κ1) is 24.5. The lowest BCUT2D eigenvalue weighted by molar-refractivity contribution is -0.138. The Bertz CT molecular complexity index is 1300. The summed E-state index contributed by atoms with van der Waals surface area (Å²) in [6.07, 6.45) is -2.64. The monoisotopic (exact) mass is 516 g/mol.